The Balaban J connectivity index is 1.49. The maximum Gasteiger partial charge on any atom is 0.261 e. The second kappa shape index (κ2) is 5.40. The number of amides is 4. The van der Waals surface area contributed by atoms with E-state index in [2.05, 4.69) is 0 Å². The Bertz CT molecular complexity index is 737. The largest absolute Gasteiger partial charge is 0.280 e. The molecule has 0 spiro atoms. The Morgan fingerprint density at radius 1 is 0.750 bits per heavy atom. The van der Waals surface area contributed by atoms with Gasteiger partial charge in [-0.15, -0.1) is 0 Å². The highest BCUT2D eigenvalue weighted by atomic mass is 16.2. The van der Waals surface area contributed by atoms with Crippen molar-refractivity contribution in [1.29, 1.82) is 0 Å². The van der Waals surface area contributed by atoms with E-state index in [1.165, 1.54) is 4.90 Å². The van der Waals surface area contributed by atoms with Gasteiger partial charge < -0.3 is 0 Å². The lowest BCUT2D eigenvalue weighted by atomic mass is 9.85. The van der Waals surface area contributed by atoms with Crippen LogP contribution in [-0.2, 0) is 9.59 Å². The van der Waals surface area contributed by atoms with Crippen LogP contribution in [0.15, 0.2) is 36.4 Å². The van der Waals surface area contributed by atoms with Crippen LogP contribution in [0, 0.1) is 11.8 Å². The Morgan fingerprint density at radius 3 is 1.71 bits per heavy atom. The summed E-state index contributed by atoms with van der Waals surface area (Å²) in [4.78, 5) is 51.8. The summed E-state index contributed by atoms with van der Waals surface area (Å²) in [7, 11) is 0. The van der Waals surface area contributed by atoms with Gasteiger partial charge in [-0.25, -0.2) is 0 Å². The van der Waals surface area contributed by atoms with Crippen molar-refractivity contribution in [1.82, 2.24) is 9.80 Å². The van der Waals surface area contributed by atoms with Gasteiger partial charge in [-0.05, 0) is 25.0 Å². The van der Waals surface area contributed by atoms with Gasteiger partial charge in [0.2, 0.25) is 11.8 Å². The van der Waals surface area contributed by atoms with Gasteiger partial charge in [0, 0.05) is 13.1 Å². The van der Waals surface area contributed by atoms with Crippen LogP contribution in [0.4, 0.5) is 0 Å². The molecule has 0 aromatic heterocycles. The third-order valence-electron chi connectivity index (χ3n) is 5.02. The Morgan fingerprint density at radius 2 is 1.21 bits per heavy atom. The highest BCUT2D eigenvalue weighted by Gasteiger charge is 2.47. The second-order valence-corrected chi connectivity index (χ2v) is 6.29. The van der Waals surface area contributed by atoms with Gasteiger partial charge in [0.05, 0.1) is 23.0 Å². The van der Waals surface area contributed by atoms with Crippen molar-refractivity contribution in [3.8, 4) is 0 Å². The topological polar surface area (TPSA) is 74.8 Å². The summed E-state index contributed by atoms with van der Waals surface area (Å²) in [5.74, 6) is -1.69. The van der Waals surface area contributed by atoms with E-state index in [0.717, 1.165) is 4.90 Å². The molecule has 1 aromatic rings. The first-order valence-corrected chi connectivity index (χ1v) is 8.05. The van der Waals surface area contributed by atoms with Crippen molar-refractivity contribution in [3.63, 3.8) is 0 Å². The van der Waals surface area contributed by atoms with Crippen molar-refractivity contribution in [2.45, 2.75) is 12.8 Å². The number of carbonyl (C=O) groups is 4. The molecule has 1 fully saturated rings. The molecule has 2 atom stereocenters. The average molecular weight is 324 g/mol. The third-order valence-corrected chi connectivity index (χ3v) is 5.02. The van der Waals surface area contributed by atoms with Gasteiger partial charge in [-0.2, -0.15) is 0 Å². The van der Waals surface area contributed by atoms with E-state index in [4.69, 9.17) is 0 Å². The Labute approximate surface area is 138 Å². The molecular formula is C18H16N2O4. The number of imide groups is 2. The molecule has 4 amide bonds. The van der Waals surface area contributed by atoms with E-state index in [9.17, 15) is 19.2 Å². The van der Waals surface area contributed by atoms with Crippen LogP contribution in [0.3, 0.4) is 0 Å². The van der Waals surface area contributed by atoms with Gasteiger partial charge in [0.1, 0.15) is 0 Å². The summed E-state index contributed by atoms with van der Waals surface area (Å²) in [6.45, 7) is 0.104. The lowest BCUT2D eigenvalue weighted by Crippen LogP contribution is -2.41. The molecule has 6 nitrogen and oxygen atoms in total. The molecule has 6 heteroatoms. The summed E-state index contributed by atoms with van der Waals surface area (Å²) >= 11 is 0. The van der Waals surface area contributed by atoms with Gasteiger partial charge in [0.25, 0.3) is 11.8 Å². The zero-order chi connectivity index (χ0) is 16.8. The minimum absolute atomic E-state index is 0.0384. The third kappa shape index (κ3) is 2.02. The zero-order valence-corrected chi connectivity index (χ0v) is 13.0. The normalized spacial score (nSPS) is 25.5. The van der Waals surface area contributed by atoms with Crippen LogP contribution in [-0.4, -0.2) is 46.5 Å². The second-order valence-electron chi connectivity index (χ2n) is 6.29. The van der Waals surface area contributed by atoms with Gasteiger partial charge in [-0.1, -0.05) is 24.3 Å². The van der Waals surface area contributed by atoms with Crippen molar-refractivity contribution in [3.05, 3.63) is 47.5 Å². The first-order valence-electron chi connectivity index (χ1n) is 8.05. The maximum atomic E-state index is 12.4. The minimum atomic E-state index is -0.367. The number of rotatable bonds is 3. The van der Waals surface area contributed by atoms with Crippen LogP contribution < -0.4 is 0 Å². The number of fused-ring (bicyclic) bond motifs is 2. The van der Waals surface area contributed by atoms with Crippen molar-refractivity contribution >= 4 is 23.6 Å². The summed E-state index contributed by atoms with van der Waals surface area (Å²) < 4.78 is 0. The zero-order valence-electron chi connectivity index (χ0n) is 13.0. The molecule has 0 N–H and O–H groups in total. The molecule has 4 rings (SSSR count). The number of hydrogen-bond donors (Lipinski definition) is 0. The SMILES string of the molecule is O=C1c2ccccc2C(=O)N1CCN1C(=O)[C@@H]2CC=CC[C@H]2C1=O. The Kier molecular flexibility index (Phi) is 3.33. The van der Waals surface area contributed by atoms with Crippen molar-refractivity contribution in [2.75, 3.05) is 13.1 Å². The summed E-state index contributed by atoms with van der Waals surface area (Å²) in [5.41, 5.74) is 0.749. The van der Waals surface area contributed by atoms with Crippen LogP contribution in [0.25, 0.3) is 0 Å². The fraction of sp³-hybridized carbons (Fsp3) is 0.333. The van der Waals surface area contributed by atoms with E-state index in [1.807, 2.05) is 12.2 Å². The lowest BCUT2D eigenvalue weighted by molar-refractivity contribution is -0.140. The number of hydrogen-bond acceptors (Lipinski definition) is 4. The lowest BCUT2D eigenvalue weighted by Gasteiger charge is -2.19. The molecule has 1 aromatic carbocycles. The maximum absolute atomic E-state index is 12.4. The van der Waals surface area contributed by atoms with Crippen LogP contribution in [0.2, 0.25) is 0 Å². The molecule has 122 valence electrons. The highest BCUT2D eigenvalue weighted by Crippen LogP contribution is 2.35. The smallest absolute Gasteiger partial charge is 0.261 e. The molecule has 0 bridgehead atoms. The van der Waals surface area contributed by atoms with Gasteiger partial charge >= 0.3 is 0 Å². The molecule has 0 unspecified atom stereocenters. The van der Waals surface area contributed by atoms with Crippen molar-refractivity contribution < 1.29 is 19.2 Å². The molecule has 0 radical (unpaired) electrons. The van der Waals surface area contributed by atoms with Crippen molar-refractivity contribution in [2.24, 2.45) is 11.8 Å². The Hall–Kier alpha value is -2.76. The van der Waals surface area contributed by atoms with Crippen LogP contribution >= 0.6 is 0 Å². The number of benzene rings is 1. The molecular weight excluding hydrogens is 308 g/mol. The first kappa shape index (κ1) is 14.8. The minimum Gasteiger partial charge on any atom is -0.280 e. The average Bonchev–Trinajstić information content (AvgIpc) is 3.00. The van der Waals surface area contributed by atoms with E-state index < -0.39 is 0 Å². The summed E-state index contributed by atoms with van der Waals surface area (Å²) in [6, 6.07) is 6.64. The van der Waals surface area contributed by atoms with E-state index in [0.29, 0.717) is 24.0 Å². The number of nitrogens with zero attached hydrogens (tertiary/aromatic N) is 2. The predicted octanol–water partition coefficient (Wildman–Crippen LogP) is 1.23. The van der Waals surface area contributed by atoms with E-state index in [1.54, 1.807) is 24.3 Å². The standard InChI is InChI=1S/C18H16N2O4/c21-15-11-5-1-2-6-12(11)16(22)19(15)9-10-20-17(23)13-7-3-4-8-14(13)18(20)24/h1-6,13-14H,7-10H2/t13-,14-/m1/s1. The highest BCUT2D eigenvalue weighted by molar-refractivity contribution is 6.21. The molecule has 3 aliphatic rings. The van der Waals surface area contributed by atoms with Crippen LogP contribution in [0.5, 0.6) is 0 Å². The molecule has 0 saturated carbocycles. The van der Waals surface area contributed by atoms with Crippen LogP contribution in [0.1, 0.15) is 33.6 Å². The quantitative estimate of drug-likeness (QED) is 0.619. The number of carbonyl (C=O) groups excluding carboxylic acids is 4. The molecule has 1 saturated heterocycles. The fourth-order valence-electron chi connectivity index (χ4n) is 3.73. The monoisotopic (exact) mass is 324 g/mol. The summed E-state index contributed by atoms with van der Waals surface area (Å²) in [6.07, 6.45) is 5.03. The molecule has 2 heterocycles. The summed E-state index contributed by atoms with van der Waals surface area (Å²) in [5, 5.41) is 0. The fourth-order valence-corrected chi connectivity index (χ4v) is 3.73. The predicted molar refractivity (Wildman–Crippen MR) is 83.9 cm³/mol. The van der Waals surface area contributed by atoms with Gasteiger partial charge in [0.15, 0.2) is 0 Å². The van der Waals surface area contributed by atoms with E-state index >= 15 is 0 Å². The number of likely N-dealkylation sites (tertiary alicyclic amines) is 1. The van der Waals surface area contributed by atoms with Gasteiger partial charge in [-0.3, -0.25) is 29.0 Å². The molecule has 24 heavy (non-hydrogen) atoms. The molecule has 2 aliphatic heterocycles. The molecule has 1 aliphatic carbocycles. The van der Waals surface area contributed by atoms with E-state index in [-0.39, 0.29) is 48.6 Å². The first-order chi connectivity index (χ1) is 11.6. The number of allylic oxidation sites excluding steroid dienone is 2.